The van der Waals surface area contributed by atoms with Gasteiger partial charge in [-0.05, 0) is 62.5 Å². The van der Waals surface area contributed by atoms with Gasteiger partial charge in [0.2, 0.25) is 11.8 Å². The third-order valence-corrected chi connectivity index (χ3v) is 7.04. The lowest BCUT2D eigenvalue weighted by Gasteiger charge is -2.34. The minimum absolute atomic E-state index is 0.0174. The molecule has 2 amide bonds. The van der Waals surface area contributed by atoms with Crippen LogP contribution < -0.4 is 5.32 Å². The number of pyridine rings is 1. The van der Waals surface area contributed by atoms with Gasteiger partial charge in [-0.3, -0.25) is 14.6 Å². The number of likely N-dealkylation sites (tertiary alicyclic amines) is 2. The zero-order chi connectivity index (χ0) is 20.3. The summed E-state index contributed by atoms with van der Waals surface area (Å²) in [4.78, 5) is 35.4. The van der Waals surface area contributed by atoms with E-state index >= 15 is 0 Å². The van der Waals surface area contributed by atoms with E-state index in [1.807, 2.05) is 40.6 Å². The van der Waals surface area contributed by atoms with Gasteiger partial charge in [0.05, 0.1) is 17.3 Å². The summed E-state index contributed by atoms with van der Waals surface area (Å²) < 4.78 is 0. The predicted octanol–water partition coefficient (Wildman–Crippen LogP) is 3.11. The summed E-state index contributed by atoms with van der Waals surface area (Å²) in [7, 11) is 2.08. The summed E-state index contributed by atoms with van der Waals surface area (Å²) in [6.07, 6.45) is 9.17. The molecule has 0 radical (unpaired) electrons. The molecular formula is C22H26N4O2S. The Morgan fingerprint density at radius 3 is 2.86 bits per heavy atom. The summed E-state index contributed by atoms with van der Waals surface area (Å²) >= 11 is 1.61. The first-order valence-corrected chi connectivity index (χ1v) is 10.9. The molecule has 4 heterocycles. The molecule has 2 aromatic heterocycles. The van der Waals surface area contributed by atoms with Crippen LogP contribution in [0.4, 0.5) is 5.69 Å². The highest BCUT2D eigenvalue weighted by Crippen LogP contribution is 2.44. The second-order valence-corrected chi connectivity index (χ2v) is 8.79. The van der Waals surface area contributed by atoms with Gasteiger partial charge in [0.1, 0.15) is 0 Å². The largest absolute Gasteiger partial charge is 0.339 e. The van der Waals surface area contributed by atoms with Crippen LogP contribution >= 0.6 is 11.3 Å². The van der Waals surface area contributed by atoms with Gasteiger partial charge in [-0.1, -0.05) is 6.07 Å². The Hall–Kier alpha value is -2.51. The predicted molar refractivity (Wildman–Crippen MR) is 116 cm³/mol. The van der Waals surface area contributed by atoms with Gasteiger partial charge in [-0.25, -0.2) is 0 Å². The van der Waals surface area contributed by atoms with Gasteiger partial charge >= 0.3 is 0 Å². The first kappa shape index (κ1) is 19.8. The van der Waals surface area contributed by atoms with Gasteiger partial charge in [-0.2, -0.15) is 0 Å². The van der Waals surface area contributed by atoms with E-state index in [1.54, 1.807) is 29.8 Å². The lowest BCUT2D eigenvalue weighted by atomic mass is 9.75. The minimum atomic E-state index is -0.475. The molecule has 2 atom stereocenters. The van der Waals surface area contributed by atoms with E-state index in [9.17, 15) is 9.59 Å². The number of aromatic nitrogens is 1. The van der Waals surface area contributed by atoms with E-state index in [-0.39, 0.29) is 17.9 Å². The summed E-state index contributed by atoms with van der Waals surface area (Å²) in [5.41, 5.74) is 0.244. The van der Waals surface area contributed by atoms with Crippen LogP contribution in [0.5, 0.6) is 0 Å². The molecule has 0 aromatic carbocycles. The number of hydrogen-bond donors (Lipinski definition) is 1. The molecule has 0 spiro atoms. The zero-order valence-electron chi connectivity index (χ0n) is 16.6. The van der Waals surface area contributed by atoms with Gasteiger partial charge < -0.3 is 15.1 Å². The van der Waals surface area contributed by atoms with Crippen LogP contribution in [0.1, 0.15) is 24.1 Å². The monoisotopic (exact) mass is 410 g/mol. The molecule has 29 heavy (non-hydrogen) atoms. The number of anilines is 1. The normalized spacial score (nSPS) is 25.0. The van der Waals surface area contributed by atoms with E-state index in [4.69, 9.17) is 0 Å². The van der Waals surface area contributed by atoms with Crippen molar-refractivity contribution in [2.24, 2.45) is 5.41 Å². The number of fused-ring (bicyclic) bond motifs is 1. The number of carbonyl (C=O) groups excluding carboxylic acids is 2. The van der Waals surface area contributed by atoms with Gasteiger partial charge in [0.15, 0.2) is 0 Å². The molecule has 0 bridgehead atoms. The Kier molecular flexibility index (Phi) is 5.78. The number of nitrogens with zero attached hydrogens (tertiary/aromatic N) is 3. The quantitative estimate of drug-likeness (QED) is 0.787. The van der Waals surface area contributed by atoms with E-state index in [2.05, 4.69) is 22.2 Å². The number of rotatable bonds is 4. The van der Waals surface area contributed by atoms with Crippen molar-refractivity contribution in [3.8, 4) is 0 Å². The number of amides is 2. The maximum atomic E-state index is 13.3. The molecule has 6 nitrogen and oxygen atoms in total. The molecular weight excluding hydrogens is 384 g/mol. The molecule has 7 heteroatoms. The molecule has 2 aliphatic rings. The highest BCUT2D eigenvalue weighted by molar-refractivity contribution is 7.10. The Labute approximate surface area is 175 Å². The zero-order valence-corrected chi connectivity index (χ0v) is 17.4. The summed E-state index contributed by atoms with van der Waals surface area (Å²) in [5, 5.41) is 5.06. The Morgan fingerprint density at radius 1 is 1.24 bits per heavy atom. The Balaban J connectivity index is 1.49. The molecule has 2 aromatic rings. The topological polar surface area (TPSA) is 65.5 Å². The summed E-state index contributed by atoms with van der Waals surface area (Å²) in [5.74, 6) is 0.0621. The SMILES string of the molecule is CN1CC[C@@]2(C(=O)Nc3cccnc3)CCN(C(=O)/C=C/c3cccs3)CC[C@@H]12. The molecule has 2 aliphatic heterocycles. The smallest absolute Gasteiger partial charge is 0.246 e. The molecule has 2 fully saturated rings. The maximum absolute atomic E-state index is 13.3. The van der Waals surface area contributed by atoms with Crippen molar-refractivity contribution >= 4 is 34.9 Å². The highest BCUT2D eigenvalue weighted by Gasteiger charge is 2.52. The third-order valence-electron chi connectivity index (χ3n) is 6.20. The van der Waals surface area contributed by atoms with Crippen LogP contribution in [0, 0.1) is 5.41 Å². The lowest BCUT2D eigenvalue weighted by molar-refractivity contribution is -0.128. The summed E-state index contributed by atoms with van der Waals surface area (Å²) in [6, 6.07) is 7.78. The second-order valence-electron chi connectivity index (χ2n) is 7.81. The number of hydrogen-bond acceptors (Lipinski definition) is 5. The fourth-order valence-electron chi connectivity index (χ4n) is 4.57. The molecule has 0 aliphatic carbocycles. The number of thiophene rings is 1. The van der Waals surface area contributed by atoms with E-state index < -0.39 is 5.41 Å². The second kappa shape index (κ2) is 8.47. The molecule has 4 rings (SSSR count). The van der Waals surface area contributed by atoms with Crippen molar-refractivity contribution in [3.05, 3.63) is 53.0 Å². The highest BCUT2D eigenvalue weighted by atomic mass is 32.1. The van der Waals surface area contributed by atoms with Crippen molar-refractivity contribution in [2.45, 2.75) is 25.3 Å². The van der Waals surface area contributed by atoms with Crippen molar-refractivity contribution < 1.29 is 9.59 Å². The van der Waals surface area contributed by atoms with Crippen LogP contribution in [0.2, 0.25) is 0 Å². The standard InChI is InChI=1S/C22H26N4O2S/c1-25-13-9-22(21(28)24-17-4-2-11-23-16-17)10-14-26(12-8-19(22)25)20(27)7-6-18-5-3-15-29-18/h2-7,11,15-16,19H,8-10,12-14H2,1H3,(H,24,28)/b7-6+/t19-,22-/m1/s1. The Morgan fingerprint density at radius 2 is 2.10 bits per heavy atom. The molecule has 1 N–H and O–H groups in total. The average Bonchev–Trinajstić information content (AvgIpc) is 3.31. The van der Waals surface area contributed by atoms with Crippen molar-refractivity contribution in [1.29, 1.82) is 0 Å². The van der Waals surface area contributed by atoms with E-state index in [0.717, 1.165) is 30.0 Å². The van der Waals surface area contributed by atoms with Crippen LogP contribution in [0.15, 0.2) is 48.1 Å². The lowest BCUT2D eigenvalue weighted by Crippen LogP contribution is -2.46. The first-order valence-electron chi connectivity index (χ1n) is 10.0. The van der Waals surface area contributed by atoms with Crippen LogP contribution in [0.25, 0.3) is 6.08 Å². The molecule has 0 saturated carbocycles. The number of carbonyl (C=O) groups is 2. The number of nitrogens with one attached hydrogen (secondary N) is 1. The fourth-order valence-corrected chi connectivity index (χ4v) is 5.19. The van der Waals surface area contributed by atoms with Crippen molar-refractivity contribution in [2.75, 3.05) is 32.0 Å². The van der Waals surface area contributed by atoms with Crippen molar-refractivity contribution in [3.63, 3.8) is 0 Å². The van der Waals surface area contributed by atoms with Crippen molar-refractivity contribution in [1.82, 2.24) is 14.8 Å². The molecule has 2 saturated heterocycles. The van der Waals surface area contributed by atoms with E-state index in [1.165, 1.54) is 0 Å². The Bertz CT molecular complexity index is 883. The van der Waals surface area contributed by atoms with Crippen LogP contribution in [-0.4, -0.2) is 59.3 Å². The average molecular weight is 411 g/mol. The van der Waals surface area contributed by atoms with Gasteiger partial charge in [-0.15, -0.1) is 11.3 Å². The van der Waals surface area contributed by atoms with Gasteiger partial charge in [0, 0.05) is 36.3 Å². The van der Waals surface area contributed by atoms with Crippen LogP contribution in [0.3, 0.4) is 0 Å². The maximum Gasteiger partial charge on any atom is 0.246 e. The molecule has 0 unspecified atom stereocenters. The van der Waals surface area contributed by atoms with Crippen LogP contribution in [-0.2, 0) is 9.59 Å². The minimum Gasteiger partial charge on any atom is -0.339 e. The molecule has 152 valence electrons. The fraction of sp³-hybridized carbons (Fsp3) is 0.409. The third kappa shape index (κ3) is 4.11. The first-order chi connectivity index (χ1) is 14.1. The van der Waals surface area contributed by atoms with E-state index in [0.29, 0.717) is 19.5 Å². The summed E-state index contributed by atoms with van der Waals surface area (Å²) in [6.45, 7) is 2.17. The van der Waals surface area contributed by atoms with Gasteiger partial charge in [0.25, 0.3) is 0 Å².